The fourth-order valence-corrected chi connectivity index (χ4v) is 1.52. The number of hydrogen-bond acceptors (Lipinski definition) is 1. The van der Waals surface area contributed by atoms with Gasteiger partial charge in [-0.3, -0.25) is 0 Å². The molecule has 0 fully saturated rings. The summed E-state index contributed by atoms with van der Waals surface area (Å²) in [6, 6.07) is 7.96. The van der Waals surface area contributed by atoms with Crippen LogP contribution >= 0.6 is 23.2 Å². The Morgan fingerprint density at radius 2 is 1.67 bits per heavy atom. The normalized spacial score (nSPS) is 10.5. The van der Waals surface area contributed by atoms with Crippen LogP contribution in [0.4, 0.5) is 0 Å². The molecule has 0 aliphatic rings. The van der Waals surface area contributed by atoms with E-state index < -0.39 is 0 Å². The van der Waals surface area contributed by atoms with Crippen LogP contribution in [0.5, 0.6) is 0 Å². The highest BCUT2D eigenvalue weighted by molar-refractivity contribution is 6.30. The summed E-state index contributed by atoms with van der Waals surface area (Å²) in [7, 11) is 0. The van der Waals surface area contributed by atoms with Crippen LogP contribution in [-0.2, 0) is 11.2 Å². The molecule has 0 saturated carbocycles. The second-order valence-corrected chi connectivity index (χ2v) is 4.20. The van der Waals surface area contributed by atoms with E-state index in [2.05, 4.69) is 12.1 Å². The van der Waals surface area contributed by atoms with Crippen LogP contribution in [0.2, 0.25) is 5.02 Å². The first-order chi connectivity index (χ1) is 7.33. The number of ether oxygens (including phenoxy) is 1. The quantitative estimate of drug-likeness (QED) is 0.524. The van der Waals surface area contributed by atoms with Crippen molar-refractivity contribution in [1.82, 2.24) is 0 Å². The van der Waals surface area contributed by atoms with Crippen LogP contribution in [0.15, 0.2) is 24.3 Å². The molecule has 1 aromatic rings. The first-order valence-electron chi connectivity index (χ1n) is 5.21. The fourth-order valence-electron chi connectivity index (χ4n) is 1.29. The van der Waals surface area contributed by atoms with Gasteiger partial charge in [-0.25, -0.2) is 0 Å². The highest BCUT2D eigenvalue weighted by Crippen LogP contribution is 2.10. The molecule has 1 rings (SSSR count). The molecule has 0 amide bonds. The van der Waals surface area contributed by atoms with E-state index in [1.54, 1.807) is 0 Å². The summed E-state index contributed by atoms with van der Waals surface area (Å²) in [6.45, 7) is 1.57. The number of aryl methyl sites for hydroxylation is 1. The van der Waals surface area contributed by atoms with E-state index in [1.807, 2.05) is 12.1 Å². The minimum absolute atomic E-state index is 0.678. The van der Waals surface area contributed by atoms with Gasteiger partial charge in [0, 0.05) is 24.1 Å². The SMILES string of the molecule is ClCCCOCCCc1ccc(Cl)cc1. The molecule has 84 valence electrons. The van der Waals surface area contributed by atoms with Gasteiger partial charge in [-0.2, -0.15) is 0 Å². The monoisotopic (exact) mass is 246 g/mol. The molecule has 0 bridgehead atoms. The van der Waals surface area contributed by atoms with Crippen LogP contribution in [0.25, 0.3) is 0 Å². The highest BCUT2D eigenvalue weighted by Gasteiger charge is 1.94. The molecular formula is C12H16Cl2O. The number of hydrogen-bond donors (Lipinski definition) is 0. The van der Waals surface area contributed by atoms with E-state index >= 15 is 0 Å². The lowest BCUT2D eigenvalue weighted by atomic mass is 10.1. The molecule has 0 spiro atoms. The summed E-state index contributed by atoms with van der Waals surface area (Å²) in [5.41, 5.74) is 1.31. The van der Waals surface area contributed by atoms with E-state index in [1.165, 1.54) is 5.56 Å². The third-order valence-corrected chi connectivity index (χ3v) is 2.61. The minimum Gasteiger partial charge on any atom is -0.381 e. The Morgan fingerprint density at radius 1 is 1.00 bits per heavy atom. The van der Waals surface area contributed by atoms with Crippen molar-refractivity contribution in [3.63, 3.8) is 0 Å². The molecule has 0 aromatic heterocycles. The number of rotatable bonds is 7. The van der Waals surface area contributed by atoms with E-state index in [-0.39, 0.29) is 0 Å². The van der Waals surface area contributed by atoms with Crippen molar-refractivity contribution in [2.75, 3.05) is 19.1 Å². The summed E-state index contributed by atoms with van der Waals surface area (Å²) in [4.78, 5) is 0. The second-order valence-electron chi connectivity index (χ2n) is 3.38. The molecular weight excluding hydrogens is 231 g/mol. The maximum atomic E-state index is 5.79. The van der Waals surface area contributed by atoms with Crippen LogP contribution in [-0.4, -0.2) is 19.1 Å². The molecule has 0 saturated heterocycles. The third-order valence-electron chi connectivity index (χ3n) is 2.09. The van der Waals surface area contributed by atoms with Crippen molar-refractivity contribution in [3.05, 3.63) is 34.9 Å². The molecule has 1 aromatic carbocycles. The summed E-state index contributed by atoms with van der Waals surface area (Å²) < 4.78 is 5.41. The van der Waals surface area contributed by atoms with Crippen LogP contribution < -0.4 is 0 Å². The summed E-state index contributed by atoms with van der Waals surface area (Å²) in [5, 5.41) is 0.789. The number of halogens is 2. The van der Waals surface area contributed by atoms with Crippen LogP contribution in [0.1, 0.15) is 18.4 Å². The number of benzene rings is 1. The summed E-state index contributed by atoms with van der Waals surface area (Å²) in [5.74, 6) is 0.678. The number of alkyl halides is 1. The Hall–Kier alpha value is -0.240. The van der Waals surface area contributed by atoms with Crippen molar-refractivity contribution < 1.29 is 4.74 Å². The van der Waals surface area contributed by atoms with Crippen molar-refractivity contribution in [2.45, 2.75) is 19.3 Å². The predicted molar refractivity (Wildman–Crippen MR) is 65.9 cm³/mol. The van der Waals surface area contributed by atoms with Gasteiger partial charge >= 0.3 is 0 Å². The molecule has 1 nitrogen and oxygen atoms in total. The van der Waals surface area contributed by atoms with Gasteiger partial charge in [-0.15, -0.1) is 11.6 Å². The van der Waals surface area contributed by atoms with Gasteiger partial charge in [-0.1, -0.05) is 23.7 Å². The average Bonchev–Trinajstić information content (AvgIpc) is 2.26. The zero-order valence-corrected chi connectivity index (χ0v) is 10.2. The Balaban J connectivity index is 2.07. The zero-order chi connectivity index (χ0) is 10.9. The van der Waals surface area contributed by atoms with E-state index in [4.69, 9.17) is 27.9 Å². The molecule has 0 unspecified atom stereocenters. The standard InChI is InChI=1S/C12H16Cl2O/c13-8-2-10-15-9-1-3-11-4-6-12(14)7-5-11/h4-7H,1-3,8-10H2. The van der Waals surface area contributed by atoms with Gasteiger partial charge in [-0.05, 0) is 37.0 Å². The van der Waals surface area contributed by atoms with Crippen molar-refractivity contribution in [1.29, 1.82) is 0 Å². The largest absolute Gasteiger partial charge is 0.381 e. The lowest BCUT2D eigenvalue weighted by Gasteiger charge is -2.03. The van der Waals surface area contributed by atoms with Crippen molar-refractivity contribution >= 4 is 23.2 Å². The summed E-state index contributed by atoms with van der Waals surface area (Å²) >= 11 is 11.3. The third kappa shape index (κ3) is 6.03. The Morgan fingerprint density at radius 3 is 2.33 bits per heavy atom. The first kappa shape index (κ1) is 12.8. The topological polar surface area (TPSA) is 9.23 Å². The lowest BCUT2D eigenvalue weighted by Crippen LogP contribution is -1.99. The molecule has 0 aliphatic heterocycles. The van der Waals surface area contributed by atoms with Gasteiger partial charge in [0.15, 0.2) is 0 Å². The zero-order valence-electron chi connectivity index (χ0n) is 8.72. The maximum absolute atomic E-state index is 5.79. The Bertz CT molecular complexity index is 259. The van der Waals surface area contributed by atoms with Crippen molar-refractivity contribution in [2.24, 2.45) is 0 Å². The fraction of sp³-hybridized carbons (Fsp3) is 0.500. The van der Waals surface area contributed by atoms with E-state index in [9.17, 15) is 0 Å². The molecule has 0 radical (unpaired) electrons. The summed E-state index contributed by atoms with van der Waals surface area (Å²) in [6.07, 6.45) is 3.02. The molecule has 15 heavy (non-hydrogen) atoms. The maximum Gasteiger partial charge on any atom is 0.0477 e. The molecule has 0 atom stereocenters. The minimum atomic E-state index is 0.678. The van der Waals surface area contributed by atoms with Gasteiger partial charge in [0.1, 0.15) is 0 Å². The van der Waals surface area contributed by atoms with Crippen LogP contribution in [0.3, 0.4) is 0 Å². The molecule has 0 N–H and O–H groups in total. The highest BCUT2D eigenvalue weighted by atomic mass is 35.5. The molecule has 0 heterocycles. The van der Waals surface area contributed by atoms with Crippen LogP contribution in [0, 0.1) is 0 Å². The van der Waals surface area contributed by atoms with Gasteiger partial charge in [0.05, 0.1) is 0 Å². The smallest absolute Gasteiger partial charge is 0.0477 e. The second kappa shape index (κ2) is 7.98. The average molecular weight is 247 g/mol. The Kier molecular flexibility index (Phi) is 6.82. The predicted octanol–water partition coefficient (Wildman–Crippen LogP) is 3.92. The van der Waals surface area contributed by atoms with E-state index in [0.29, 0.717) is 5.88 Å². The van der Waals surface area contributed by atoms with Gasteiger partial charge in [0.2, 0.25) is 0 Å². The molecule has 3 heteroatoms. The van der Waals surface area contributed by atoms with Crippen molar-refractivity contribution in [3.8, 4) is 0 Å². The lowest BCUT2D eigenvalue weighted by molar-refractivity contribution is 0.133. The van der Waals surface area contributed by atoms with Gasteiger partial charge < -0.3 is 4.74 Å². The Labute approximate surface area is 101 Å². The van der Waals surface area contributed by atoms with E-state index in [0.717, 1.165) is 37.5 Å². The van der Waals surface area contributed by atoms with Gasteiger partial charge in [0.25, 0.3) is 0 Å². The molecule has 0 aliphatic carbocycles. The first-order valence-corrected chi connectivity index (χ1v) is 6.12.